The molecule has 2 aliphatic heterocycles. The van der Waals surface area contributed by atoms with Gasteiger partial charge in [0, 0.05) is 26.2 Å². The van der Waals surface area contributed by atoms with E-state index in [2.05, 4.69) is 16.3 Å². The van der Waals surface area contributed by atoms with Crippen molar-refractivity contribution in [3.63, 3.8) is 0 Å². The molecule has 2 amide bonds. The van der Waals surface area contributed by atoms with Crippen molar-refractivity contribution in [2.45, 2.75) is 24.3 Å². The van der Waals surface area contributed by atoms with Gasteiger partial charge in [0.05, 0.1) is 17.5 Å². The van der Waals surface area contributed by atoms with Crippen LogP contribution in [-0.2, 0) is 14.9 Å². The molecule has 0 bridgehead atoms. The highest BCUT2D eigenvalue weighted by atomic mass is 19.2. The van der Waals surface area contributed by atoms with E-state index in [0.717, 1.165) is 43.6 Å². The van der Waals surface area contributed by atoms with E-state index in [4.69, 9.17) is 4.74 Å². The predicted molar refractivity (Wildman–Crippen MR) is 120 cm³/mol. The van der Waals surface area contributed by atoms with E-state index in [-0.39, 0.29) is 19.1 Å². The molecule has 9 heteroatoms. The van der Waals surface area contributed by atoms with Gasteiger partial charge in [0.15, 0.2) is 11.6 Å². The summed E-state index contributed by atoms with van der Waals surface area (Å²) in [6.07, 6.45) is 0.767. The second kappa shape index (κ2) is 10.2. The number of nitrogens with zero attached hydrogens (tertiary/aromatic N) is 3. The van der Waals surface area contributed by atoms with E-state index in [1.807, 2.05) is 30.3 Å². The molecule has 0 radical (unpaired) electrons. The number of hydrogen-bond acceptors (Lipinski definition) is 5. The normalized spacial score (nSPS) is 20.0. The summed E-state index contributed by atoms with van der Waals surface area (Å²) in [5.74, 6) is -2.36. The van der Waals surface area contributed by atoms with Gasteiger partial charge in [-0.15, -0.1) is 0 Å². The van der Waals surface area contributed by atoms with Gasteiger partial charge in [-0.05, 0) is 36.1 Å². The summed E-state index contributed by atoms with van der Waals surface area (Å²) >= 11 is 0. The molecule has 0 aromatic heterocycles. The summed E-state index contributed by atoms with van der Waals surface area (Å²) in [6.45, 7) is 2.23. The highest BCUT2D eigenvalue weighted by Gasteiger charge is 2.37. The zero-order valence-corrected chi connectivity index (χ0v) is 18.7. The van der Waals surface area contributed by atoms with Crippen LogP contribution >= 0.6 is 0 Å². The number of hydrogen-bond donors (Lipinski definition) is 1. The van der Waals surface area contributed by atoms with E-state index in [1.54, 1.807) is 0 Å². The Morgan fingerprint density at radius 3 is 2.56 bits per heavy atom. The first-order valence-electron chi connectivity index (χ1n) is 11.3. The summed E-state index contributed by atoms with van der Waals surface area (Å²) < 4.78 is 31.9. The van der Waals surface area contributed by atoms with Crippen LogP contribution < -0.4 is 5.32 Å². The van der Waals surface area contributed by atoms with Gasteiger partial charge in [0.2, 0.25) is 5.91 Å². The monoisotopic (exact) mass is 468 g/mol. The van der Waals surface area contributed by atoms with Gasteiger partial charge in [-0.1, -0.05) is 36.4 Å². The lowest BCUT2D eigenvalue weighted by Crippen LogP contribution is -2.46. The van der Waals surface area contributed by atoms with E-state index in [9.17, 15) is 23.6 Å². The maximum Gasteiger partial charge on any atom is 0.410 e. The zero-order valence-electron chi connectivity index (χ0n) is 18.7. The molecule has 2 aromatic rings. The molecule has 1 unspecified atom stereocenters. The third-order valence-corrected chi connectivity index (χ3v) is 6.62. The van der Waals surface area contributed by atoms with Gasteiger partial charge >= 0.3 is 6.09 Å². The quantitative estimate of drug-likeness (QED) is 0.675. The van der Waals surface area contributed by atoms with Crippen molar-refractivity contribution in [2.24, 2.45) is 0 Å². The summed E-state index contributed by atoms with van der Waals surface area (Å²) in [5.41, 5.74) is 0.926. The van der Waals surface area contributed by atoms with Crippen LogP contribution in [0.4, 0.5) is 13.6 Å². The highest BCUT2D eigenvalue weighted by Crippen LogP contribution is 2.34. The summed E-state index contributed by atoms with van der Waals surface area (Å²) in [7, 11) is 0. The Bertz CT molecular complexity index is 1080. The van der Waals surface area contributed by atoms with Crippen LogP contribution in [0.2, 0.25) is 0 Å². The van der Waals surface area contributed by atoms with Crippen molar-refractivity contribution in [3.8, 4) is 6.07 Å². The van der Waals surface area contributed by atoms with Crippen molar-refractivity contribution in [2.75, 3.05) is 39.3 Å². The fourth-order valence-corrected chi connectivity index (χ4v) is 4.57. The largest absolute Gasteiger partial charge is 0.447 e. The van der Waals surface area contributed by atoms with E-state index < -0.39 is 29.2 Å². The molecule has 2 saturated heterocycles. The molecular formula is C25H26F2N4O3. The first-order valence-corrected chi connectivity index (χ1v) is 11.3. The second-order valence-corrected chi connectivity index (χ2v) is 8.65. The van der Waals surface area contributed by atoms with Crippen molar-refractivity contribution in [3.05, 3.63) is 71.3 Å². The number of rotatable bonds is 7. The number of carbonyl (C=O) groups is 2. The van der Waals surface area contributed by atoms with Crippen molar-refractivity contribution >= 4 is 12.0 Å². The van der Waals surface area contributed by atoms with Crippen LogP contribution in [0.15, 0.2) is 48.5 Å². The molecule has 2 fully saturated rings. The average Bonchev–Trinajstić information content (AvgIpc) is 3.21. The highest BCUT2D eigenvalue weighted by molar-refractivity contribution is 5.83. The Morgan fingerprint density at radius 2 is 1.88 bits per heavy atom. The fraction of sp³-hybridized carbons (Fsp3) is 0.400. The third-order valence-electron chi connectivity index (χ3n) is 6.62. The van der Waals surface area contributed by atoms with Gasteiger partial charge < -0.3 is 15.0 Å². The molecule has 7 nitrogen and oxygen atoms in total. The summed E-state index contributed by atoms with van der Waals surface area (Å²) in [6, 6.07) is 15.1. The Kier molecular flexibility index (Phi) is 7.08. The Hall–Kier alpha value is -3.51. The van der Waals surface area contributed by atoms with Gasteiger partial charge in [-0.25, -0.2) is 13.6 Å². The number of piperidine rings is 1. The van der Waals surface area contributed by atoms with Crippen LogP contribution in [0.5, 0.6) is 0 Å². The summed E-state index contributed by atoms with van der Waals surface area (Å²) in [5, 5.41) is 12.6. The van der Waals surface area contributed by atoms with Gasteiger partial charge in [-0.3, -0.25) is 9.69 Å². The number of carbonyl (C=O) groups excluding carboxylic acids is 2. The van der Waals surface area contributed by atoms with Crippen molar-refractivity contribution < 1.29 is 23.1 Å². The summed E-state index contributed by atoms with van der Waals surface area (Å²) in [4.78, 5) is 28.0. The van der Waals surface area contributed by atoms with E-state index in [1.165, 1.54) is 11.0 Å². The number of nitrogens with one attached hydrogen (secondary N) is 1. The number of ether oxygens (including phenoxy) is 1. The fourth-order valence-electron chi connectivity index (χ4n) is 4.57. The number of halogens is 2. The second-order valence-electron chi connectivity index (χ2n) is 8.65. The molecule has 0 aliphatic carbocycles. The Morgan fingerprint density at radius 1 is 1.15 bits per heavy atom. The standard InChI is InChI=1S/C25H26F2N4O3/c26-20-7-6-18(14-21(20)27)22-16-34-24(33)31(22)15-23(32)29-10-13-30-11-8-25(17-28,9-12-30)19-4-2-1-3-5-19/h1-7,14,22H,8-13,15-16H2,(H,29,32). The van der Waals surface area contributed by atoms with E-state index >= 15 is 0 Å². The number of amides is 2. The molecule has 0 spiro atoms. The average molecular weight is 469 g/mol. The molecular weight excluding hydrogens is 442 g/mol. The molecule has 1 N–H and O–H groups in total. The minimum atomic E-state index is -1.02. The van der Waals surface area contributed by atoms with Crippen LogP contribution in [-0.4, -0.2) is 61.1 Å². The molecule has 2 aromatic carbocycles. The van der Waals surface area contributed by atoms with Crippen molar-refractivity contribution in [1.29, 1.82) is 5.26 Å². The first-order chi connectivity index (χ1) is 16.4. The van der Waals surface area contributed by atoms with Gasteiger partial charge in [-0.2, -0.15) is 5.26 Å². The number of cyclic esters (lactones) is 1. The minimum absolute atomic E-state index is 0.0347. The van der Waals surface area contributed by atoms with E-state index in [0.29, 0.717) is 18.7 Å². The molecule has 178 valence electrons. The molecule has 2 heterocycles. The third kappa shape index (κ3) is 5.02. The van der Waals surface area contributed by atoms with Crippen LogP contribution in [0.3, 0.4) is 0 Å². The molecule has 0 saturated carbocycles. The molecule has 2 aliphatic rings. The molecule has 1 atom stereocenters. The number of nitriles is 1. The van der Waals surface area contributed by atoms with Crippen molar-refractivity contribution in [1.82, 2.24) is 15.1 Å². The lowest BCUT2D eigenvalue weighted by molar-refractivity contribution is -0.122. The predicted octanol–water partition coefficient (Wildman–Crippen LogP) is 3.13. The minimum Gasteiger partial charge on any atom is -0.447 e. The Labute approximate surface area is 196 Å². The van der Waals surface area contributed by atoms with Gasteiger partial charge in [0.1, 0.15) is 13.2 Å². The Balaban J connectivity index is 1.25. The van der Waals surface area contributed by atoms with Crippen LogP contribution in [0.1, 0.15) is 30.0 Å². The number of likely N-dealkylation sites (tertiary alicyclic amines) is 1. The van der Waals surface area contributed by atoms with Crippen LogP contribution in [0.25, 0.3) is 0 Å². The van der Waals surface area contributed by atoms with Crippen LogP contribution in [0, 0.1) is 23.0 Å². The first kappa shape index (κ1) is 23.6. The lowest BCUT2D eigenvalue weighted by Gasteiger charge is -2.37. The molecule has 4 rings (SSSR count). The smallest absolute Gasteiger partial charge is 0.410 e. The van der Waals surface area contributed by atoms with Gasteiger partial charge in [0.25, 0.3) is 0 Å². The zero-order chi connectivity index (χ0) is 24.1. The lowest BCUT2D eigenvalue weighted by atomic mass is 9.74. The maximum absolute atomic E-state index is 13.6. The topological polar surface area (TPSA) is 85.7 Å². The SMILES string of the molecule is N#CC1(c2ccccc2)CCN(CCNC(=O)CN2C(=O)OCC2c2ccc(F)c(F)c2)CC1. The molecule has 34 heavy (non-hydrogen) atoms. The maximum atomic E-state index is 13.6. The number of benzene rings is 2.